The molecule has 23 heavy (non-hydrogen) atoms. The molecule has 3 aromatic rings. The lowest BCUT2D eigenvalue weighted by Crippen LogP contribution is -2.16. The SMILES string of the molecule is COC(=O)c1c(C(F)(F)F)c(-c2ccnc3nccn23)nn1C. The fourth-order valence-electron chi connectivity index (χ4n) is 2.33. The molecule has 0 saturated heterocycles. The van der Waals surface area contributed by atoms with Gasteiger partial charge in [-0.1, -0.05) is 0 Å². The minimum atomic E-state index is -4.79. The first kappa shape index (κ1) is 15.0. The number of imidazole rings is 1. The molecule has 0 amide bonds. The molecule has 0 spiro atoms. The van der Waals surface area contributed by atoms with Crippen LogP contribution in [0.15, 0.2) is 24.7 Å². The lowest BCUT2D eigenvalue weighted by Gasteiger charge is -2.10. The third-order valence-electron chi connectivity index (χ3n) is 3.26. The molecular weight excluding hydrogens is 315 g/mol. The predicted octanol–water partition coefficient (Wildman–Crippen LogP) is 1.94. The van der Waals surface area contributed by atoms with Crippen LogP contribution in [0.4, 0.5) is 13.2 Å². The highest BCUT2D eigenvalue weighted by Gasteiger charge is 2.43. The standard InChI is InChI=1S/C13H10F3N5O2/c1-20-10(11(22)23-2)8(13(14,15)16)9(19-20)7-3-4-17-12-18-5-6-21(7)12/h3-6H,1-2H3. The Bertz CT molecular complexity index is 897. The van der Waals surface area contributed by atoms with E-state index in [1.54, 1.807) is 0 Å². The van der Waals surface area contributed by atoms with Crippen LogP contribution in [0.2, 0.25) is 0 Å². The Hall–Kier alpha value is -2.91. The van der Waals surface area contributed by atoms with Crippen molar-refractivity contribution in [3.05, 3.63) is 35.9 Å². The first-order valence-corrected chi connectivity index (χ1v) is 6.35. The van der Waals surface area contributed by atoms with E-state index in [-0.39, 0.29) is 11.5 Å². The topological polar surface area (TPSA) is 74.3 Å². The number of methoxy groups -OCH3 is 1. The van der Waals surface area contributed by atoms with Crippen molar-refractivity contribution < 1.29 is 22.7 Å². The number of aromatic nitrogens is 5. The minimum absolute atomic E-state index is 0.116. The average Bonchev–Trinajstić information content (AvgIpc) is 3.09. The fraction of sp³-hybridized carbons (Fsp3) is 0.231. The Balaban J connectivity index is 2.36. The van der Waals surface area contributed by atoms with Crippen molar-refractivity contribution in [3.8, 4) is 11.4 Å². The zero-order valence-corrected chi connectivity index (χ0v) is 12.0. The summed E-state index contributed by atoms with van der Waals surface area (Å²) in [5, 5.41) is 3.87. The summed E-state index contributed by atoms with van der Waals surface area (Å²) in [4.78, 5) is 19.6. The first-order chi connectivity index (χ1) is 10.8. The van der Waals surface area contributed by atoms with Gasteiger partial charge in [0.2, 0.25) is 5.78 Å². The van der Waals surface area contributed by atoms with E-state index in [1.165, 1.54) is 36.1 Å². The molecule has 0 radical (unpaired) electrons. The molecule has 0 aliphatic rings. The summed E-state index contributed by atoms with van der Waals surface area (Å²) in [7, 11) is 2.26. The van der Waals surface area contributed by atoms with Crippen LogP contribution in [0.3, 0.4) is 0 Å². The molecule has 0 aromatic carbocycles. The minimum Gasteiger partial charge on any atom is -0.464 e. The van der Waals surface area contributed by atoms with E-state index in [0.717, 1.165) is 11.8 Å². The number of hydrogen-bond acceptors (Lipinski definition) is 5. The smallest absolute Gasteiger partial charge is 0.420 e. The van der Waals surface area contributed by atoms with Crippen LogP contribution in [0, 0.1) is 0 Å². The van der Waals surface area contributed by atoms with Crippen LogP contribution in [-0.2, 0) is 18.0 Å². The summed E-state index contributed by atoms with van der Waals surface area (Å²) in [5.74, 6) is -0.893. The second kappa shape index (κ2) is 5.07. The van der Waals surface area contributed by atoms with Gasteiger partial charge in [0.25, 0.3) is 0 Å². The molecule has 0 aliphatic carbocycles. The van der Waals surface area contributed by atoms with E-state index < -0.39 is 29.1 Å². The number of fused-ring (bicyclic) bond motifs is 1. The number of hydrogen-bond donors (Lipinski definition) is 0. The molecule has 0 aliphatic heterocycles. The van der Waals surface area contributed by atoms with Crippen molar-refractivity contribution in [2.75, 3.05) is 7.11 Å². The van der Waals surface area contributed by atoms with Crippen molar-refractivity contribution in [3.63, 3.8) is 0 Å². The van der Waals surface area contributed by atoms with Crippen molar-refractivity contribution >= 4 is 11.7 Å². The lowest BCUT2D eigenvalue weighted by molar-refractivity contribution is -0.137. The largest absolute Gasteiger partial charge is 0.464 e. The lowest BCUT2D eigenvalue weighted by atomic mass is 10.1. The van der Waals surface area contributed by atoms with Gasteiger partial charge >= 0.3 is 12.1 Å². The highest BCUT2D eigenvalue weighted by atomic mass is 19.4. The summed E-state index contributed by atoms with van der Waals surface area (Å²) in [6, 6.07) is 1.37. The number of halogens is 3. The molecular formula is C13H10F3N5O2. The summed E-state index contributed by atoms with van der Waals surface area (Å²) in [5.41, 5.74) is -2.11. The van der Waals surface area contributed by atoms with Gasteiger partial charge in [-0.15, -0.1) is 0 Å². The molecule has 3 aromatic heterocycles. The second-order valence-corrected chi connectivity index (χ2v) is 4.61. The van der Waals surface area contributed by atoms with Crippen molar-refractivity contribution in [2.24, 2.45) is 7.05 Å². The van der Waals surface area contributed by atoms with Crippen LogP contribution in [0.5, 0.6) is 0 Å². The monoisotopic (exact) mass is 325 g/mol. The van der Waals surface area contributed by atoms with Gasteiger partial charge in [-0.3, -0.25) is 9.08 Å². The van der Waals surface area contributed by atoms with Gasteiger partial charge in [0.1, 0.15) is 11.3 Å². The van der Waals surface area contributed by atoms with Crippen LogP contribution in [0.1, 0.15) is 16.1 Å². The van der Waals surface area contributed by atoms with E-state index in [9.17, 15) is 18.0 Å². The van der Waals surface area contributed by atoms with Crippen molar-refractivity contribution in [2.45, 2.75) is 6.18 Å². The Labute approximate surface area is 127 Å². The molecule has 0 fully saturated rings. The zero-order valence-electron chi connectivity index (χ0n) is 12.0. The van der Waals surface area contributed by atoms with Gasteiger partial charge < -0.3 is 4.74 Å². The van der Waals surface area contributed by atoms with Gasteiger partial charge in [-0.05, 0) is 6.07 Å². The van der Waals surface area contributed by atoms with E-state index in [1.807, 2.05) is 0 Å². The Morgan fingerprint density at radius 1 is 1.26 bits per heavy atom. The maximum absolute atomic E-state index is 13.5. The van der Waals surface area contributed by atoms with Crippen LogP contribution in [-0.4, -0.2) is 37.2 Å². The molecule has 3 heterocycles. The van der Waals surface area contributed by atoms with E-state index in [4.69, 9.17) is 0 Å². The third kappa shape index (κ3) is 2.31. The Morgan fingerprint density at radius 3 is 2.61 bits per heavy atom. The zero-order chi connectivity index (χ0) is 16.8. The summed E-state index contributed by atoms with van der Waals surface area (Å²) in [6.07, 6.45) is -0.596. The quantitative estimate of drug-likeness (QED) is 0.673. The number of esters is 1. The van der Waals surface area contributed by atoms with E-state index in [0.29, 0.717) is 0 Å². The molecule has 120 valence electrons. The van der Waals surface area contributed by atoms with Crippen molar-refractivity contribution in [1.29, 1.82) is 0 Å². The second-order valence-electron chi connectivity index (χ2n) is 4.61. The van der Waals surface area contributed by atoms with Crippen molar-refractivity contribution in [1.82, 2.24) is 24.1 Å². The average molecular weight is 325 g/mol. The molecule has 0 N–H and O–H groups in total. The highest BCUT2D eigenvalue weighted by Crippen LogP contribution is 2.39. The molecule has 10 heteroatoms. The number of aryl methyl sites for hydroxylation is 1. The number of carbonyl (C=O) groups is 1. The normalized spacial score (nSPS) is 11.9. The molecule has 0 unspecified atom stereocenters. The van der Waals surface area contributed by atoms with Gasteiger partial charge in [0.05, 0.1) is 12.8 Å². The molecule has 0 bridgehead atoms. The summed E-state index contributed by atoms with van der Waals surface area (Å²) < 4.78 is 47.2. The van der Waals surface area contributed by atoms with Gasteiger partial charge in [0.15, 0.2) is 5.69 Å². The fourth-order valence-corrected chi connectivity index (χ4v) is 2.33. The van der Waals surface area contributed by atoms with E-state index >= 15 is 0 Å². The summed E-state index contributed by atoms with van der Waals surface area (Å²) in [6.45, 7) is 0. The molecule has 0 atom stereocenters. The Morgan fingerprint density at radius 2 is 1.96 bits per heavy atom. The first-order valence-electron chi connectivity index (χ1n) is 6.35. The van der Waals surface area contributed by atoms with E-state index in [2.05, 4.69) is 19.8 Å². The highest BCUT2D eigenvalue weighted by molar-refractivity contribution is 5.91. The van der Waals surface area contributed by atoms with Crippen LogP contribution in [0.25, 0.3) is 17.2 Å². The maximum Gasteiger partial charge on any atom is 0.420 e. The predicted molar refractivity (Wildman–Crippen MR) is 71.5 cm³/mol. The van der Waals surface area contributed by atoms with Crippen LogP contribution < -0.4 is 0 Å². The van der Waals surface area contributed by atoms with Gasteiger partial charge in [0, 0.05) is 25.6 Å². The number of alkyl halides is 3. The Kier molecular flexibility index (Phi) is 3.31. The number of ether oxygens (including phenoxy) is 1. The summed E-state index contributed by atoms with van der Waals surface area (Å²) >= 11 is 0. The molecule has 7 nitrogen and oxygen atoms in total. The number of nitrogens with zero attached hydrogens (tertiary/aromatic N) is 5. The van der Waals surface area contributed by atoms with Gasteiger partial charge in [-0.2, -0.15) is 18.3 Å². The van der Waals surface area contributed by atoms with Gasteiger partial charge in [-0.25, -0.2) is 14.8 Å². The third-order valence-corrected chi connectivity index (χ3v) is 3.26. The molecule has 0 saturated carbocycles. The van der Waals surface area contributed by atoms with Crippen LogP contribution >= 0.6 is 0 Å². The molecule has 3 rings (SSSR count). The maximum atomic E-state index is 13.5. The number of rotatable bonds is 2. The number of carbonyl (C=O) groups excluding carboxylic acids is 1.